The monoisotopic (exact) mass is 277 g/mol. The number of imidazole rings is 1. The van der Waals surface area contributed by atoms with E-state index >= 15 is 0 Å². The van der Waals surface area contributed by atoms with E-state index in [1.165, 1.54) is 24.9 Å². The SMILES string of the molecule is CC(Cl)c1nc2ccccc2n1CC1CCCN1C. The highest BCUT2D eigenvalue weighted by molar-refractivity contribution is 6.20. The summed E-state index contributed by atoms with van der Waals surface area (Å²) in [5, 5.41) is -0.0564. The normalized spacial score (nSPS) is 22.2. The first-order valence-electron chi connectivity index (χ1n) is 6.96. The molecule has 2 heterocycles. The Labute approximate surface area is 119 Å². The zero-order valence-electron chi connectivity index (χ0n) is 11.5. The van der Waals surface area contributed by atoms with Crippen molar-refractivity contribution in [3.8, 4) is 0 Å². The van der Waals surface area contributed by atoms with Gasteiger partial charge in [0.1, 0.15) is 5.82 Å². The van der Waals surface area contributed by atoms with Gasteiger partial charge < -0.3 is 9.47 Å². The Bertz CT molecular complexity index is 576. The van der Waals surface area contributed by atoms with Gasteiger partial charge in [-0.15, -0.1) is 11.6 Å². The van der Waals surface area contributed by atoms with Crippen LogP contribution in [0.5, 0.6) is 0 Å². The number of alkyl halides is 1. The zero-order valence-corrected chi connectivity index (χ0v) is 12.3. The molecule has 2 unspecified atom stereocenters. The molecule has 2 atom stereocenters. The molecule has 0 N–H and O–H groups in total. The van der Waals surface area contributed by atoms with E-state index in [1.807, 2.05) is 13.0 Å². The second-order valence-corrected chi connectivity index (χ2v) is 6.12. The van der Waals surface area contributed by atoms with Crippen LogP contribution in [0.25, 0.3) is 11.0 Å². The minimum absolute atomic E-state index is 0.0564. The fraction of sp³-hybridized carbons (Fsp3) is 0.533. The number of likely N-dealkylation sites (N-methyl/N-ethyl adjacent to an activating group) is 1. The molecule has 0 radical (unpaired) electrons. The van der Waals surface area contributed by atoms with Crippen molar-refractivity contribution >= 4 is 22.6 Å². The summed E-state index contributed by atoms with van der Waals surface area (Å²) >= 11 is 6.30. The number of halogens is 1. The van der Waals surface area contributed by atoms with Crippen molar-refractivity contribution in [3.63, 3.8) is 0 Å². The molecule has 1 fully saturated rings. The van der Waals surface area contributed by atoms with E-state index in [9.17, 15) is 0 Å². The van der Waals surface area contributed by atoms with E-state index in [1.54, 1.807) is 0 Å². The van der Waals surface area contributed by atoms with Gasteiger partial charge >= 0.3 is 0 Å². The summed E-state index contributed by atoms with van der Waals surface area (Å²) in [6.07, 6.45) is 2.55. The topological polar surface area (TPSA) is 21.1 Å². The smallest absolute Gasteiger partial charge is 0.127 e. The Kier molecular flexibility index (Phi) is 3.50. The quantitative estimate of drug-likeness (QED) is 0.802. The van der Waals surface area contributed by atoms with Crippen molar-refractivity contribution in [1.82, 2.24) is 14.5 Å². The standard InChI is InChI=1S/C15H20ClN3/c1-11(16)15-17-13-7-3-4-8-14(13)19(15)10-12-6-5-9-18(12)2/h3-4,7-8,11-12H,5-6,9-10H2,1-2H3. The van der Waals surface area contributed by atoms with Crippen molar-refractivity contribution in [2.45, 2.75) is 37.7 Å². The molecule has 4 heteroatoms. The molecule has 1 aromatic heterocycles. The summed E-state index contributed by atoms with van der Waals surface area (Å²) in [5.74, 6) is 0.989. The predicted octanol–water partition coefficient (Wildman–Crippen LogP) is 3.43. The number of nitrogens with zero attached hydrogens (tertiary/aromatic N) is 3. The van der Waals surface area contributed by atoms with Crippen LogP contribution >= 0.6 is 11.6 Å². The van der Waals surface area contributed by atoms with Gasteiger partial charge in [-0.2, -0.15) is 0 Å². The molecular weight excluding hydrogens is 258 g/mol. The second-order valence-electron chi connectivity index (χ2n) is 5.46. The summed E-state index contributed by atoms with van der Waals surface area (Å²) in [4.78, 5) is 7.13. The number of likely N-dealkylation sites (tertiary alicyclic amines) is 1. The highest BCUT2D eigenvalue weighted by atomic mass is 35.5. The Hall–Kier alpha value is -1.06. The summed E-state index contributed by atoms with van der Waals surface area (Å²) in [7, 11) is 2.21. The largest absolute Gasteiger partial charge is 0.325 e. The predicted molar refractivity (Wildman–Crippen MR) is 79.7 cm³/mol. The van der Waals surface area contributed by atoms with Crippen LogP contribution in [-0.4, -0.2) is 34.1 Å². The molecule has 0 aliphatic carbocycles. The number of benzene rings is 1. The molecular formula is C15H20ClN3. The number of para-hydroxylation sites is 2. The van der Waals surface area contributed by atoms with Gasteiger partial charge in [0.15, 0.2) is 0 Å². The van der Waals surface area contributed by atoms with Gasteiger partial charge in [0.2, 0.25) is 0 Å². The van der Waals surface area contributed by atoms with E-state index in [2.05, 4.69) is 34.7 Å². The van der Waals surface area contributed by atoms with Crippen LogP contribution in [0.2, 0.25) is 0 Å². The Morgan fingerprint density at radius 3 is 2.89 bits per heavy atom. The second kappa shape index (κ2) is 5.14. The third-order valence-corrected chi connectivity index (χ3v) is 4.30. The Balaban J connectivity index is 2.02. The first kappa shape index (κ1) is 12.9. The molecule has 1 aliphatic rings. The van der Waals surface area contributed by atoms with Crippen LogP contribution in [0.1, 0.15) is 31.0 Å². The highest BCUT2D eigenvalue weighted by Crippen LogP contribution is 2.27. The number of hydrogen-bond acceptors (Lipinski definition) is 2. The van der Waals surface area contributed by atoms with Crippen LogP contribution in [-0.2, 0) is 6.54 Å². The Morgan fingerprint density at radius 2 is 2.21 bits per heavy atom. The lowest BCUT2D eigenvalue weighted by molar-refractivity contribution is 0.282. The molecule has 1 aromatic carbocycles. The number of fused-ring (bicyclic) bond motifs is 1. The number of hydrogen-bond donors (Lipinski definition) is 0. The molecule has 0 spiro atoms. The van der Waals surface area contributed by atoms with Crippen LogP contribution in [0.3, 0.4) is 0 Å². The average Bonchev–Trinajstić information content (AvgIpc) is 2.95. The molecule has 3 rings (SSSR count). The maximum absolute atomic E-state index is 6.30. The molecule has 102 valence electrons. The van der Waals surface area contributed by atoms with E-state index in [0.29, 0.717) is 6.04 Å². The lowest BCUT2D eigenvalue weighted by Gasteiger charge is -2.22. The van der Waals surface area contributed by atoms with Gasteiger partial charge in [0.05, 0.1) is 16.4 Å². The maximum atomic E-state index is 6.30. The minimum atomic E-state index is -0.0564. The third-order valence-electron chi connectivity index (χ3n) is 4.10. The minimum Gasteiger partial charge on any atom is -0.325 e. The van der Waals surface area contributed by atoms with Gasteiger partial charge in [0.25, 0.3) is 0 Å². The fourth-order valence-corrected chi connectivity index (χ4v) is 3.18. The summed E-state index contributed by atoms with van der Waals surface area (Å²) in [6.45, 7) is 4.18. The summed E-state index contributed by atoms with van der Waals surface area (Å²) in [6, 6.07) is 8.91. The number of rotatable bonds is 3. The van der Waals surface area contributed by atoms with Crippen molar-refractivity contribution in [2.24, 2.45) is 0 Å². The fourth-order valence-electron chi connectivity index (χ4n) is 3.01. The van der Waals surface area contributed by atoms with Crippen LogP contribution in [0.4, 0.5) is 0 Å². The average molecular weight is 278 g/mol. The summed E-state index contributed by atoms with van der Waals surface area (Å²) < 4.78 is 2.31. The lowest BCUT2D eigenvalue weighted by Crippen LogP contribution is -2.29. The molecule has 1 saturated heterocycles. The van der Waals surface area contributed by atoms with Gasteiger partial charge in [-0.3, -0.25) is 0 Å². The molecule has 0 amide bonds. The van der Waals surface area contributed by atoms with Crippen LogP contribution in [0.15, 0.2) is 24.3 Å². The van der Waals surface area contributed by atoms with E-state index in [0.717, 1.165) is 17.9 Å². The van der Waals surface area contributed by atoms with Crippen molar-refractivity contribution in [2.75, 3.05) is 13.6 Å². The molecule has 0 saturated carbocycles. The van der Waals surface area contributed by atoms with Crippen molar-refractivity contribution < 1.29 is 0 Å². The van der Waals surface area contributed by atoms with Crippen LogP contribution in [0, 0.1) is 0 Å². The van der Waals surface area contributed by atoms with E-state index in [-0.39, 0.29) is 5.38 Å². The molecule has 3 nitrogen and oxygen atoms in total. The zero-order chi connectivity index (χ0) is 13.4. The van der Waals surface area contributed by atoms with Gasteiger partial charge in [-0.05, 0) is 45.5 Å². The highest BCUT2D eigenvalue weighted by Gasteiger charge is 2.24. The third kappa shape index (κ3) is 2.37. The molecule has 2 aromatic rings. The molecule has 1 aliphatic heterocycles. The first-order chi connectivity index (χ1) is 9.16. The van der Waals surface area contributed by atoms with Crippen molar-refractivity contribution in [3.05, 3.63) is 30.1 Å². The maximum Gasteiger partial charge on any atom is 0.127 e. The first-order valence-corrected chi connectivity index (χ1v) is 7.40. The van der Waals surface area contributed by atoms with Crippen molar-refractivity contribution in [1.29, 1.82) is 0 Å². The van der Waals surface area contributed by atoms with E-state index in [4.69, 9.17) is 16.6 Å². The van der Waals surface area contributed by atoms with Crippen LogP contribution < -0.4 is 0 Å². The summed E-state index contributed by atoms with van der Waals surface area (Å²) in [5.41, 5.74) is 2.25. The lowest BCUT2D eigenvalue weighted by atomic mass is 10.2. The molecule has 0 bridgehead atoms. The van der Waals surface area contributed by atoms with Gasteiger partial charge in [-0.1, -0.05) is 12.1 Å². The molecule has 19 heavy (non-hydrogen) atoms. The number of aromatic nitrogens is 2. The van der Waals surface area contributed by atoms with Gasteiger partial charge in [0, 0.05) is 12.6 Å². The Morgan fingerprint density at radius 1 is 1.42 bits per heavy atom. The van der Waals surface area contributed by atoms with E-state index < -0.39 is 0 Å². The van der Waals surface area contributed by atoms with Gasteiger partial charge in [-0.25, -0.2) is 4.98 Å².